The van der Waals surface area contributed by atoms with Crippen molar-refractivity contribution in [3.63, 3.8) is 0 Å². The number of ether oxygens (including phenoxy) is 3. The molecule has 0 saturated carbocycles. The predicted octanol–water partition coefficient (Wildman–Crippen LogP) is 2.67. The van der Waals surface area contributed by atoms with E-state index in [0.717, 1.165) is 45.7 Å². The summed E-state index contributed by atoms with van der Waals surface area (Å²) in [4.78, 5) is 17.4. The van der Waals surface area contributed by atoms with Crippen LogP contribution in [0.25, 0.3) is 0 Å². The van der Waals surface area contributed by atoms with Gasteiger partial charge in [-0.05, 0) is 37.0 Å². The number of amides is 1. The van der Waals surface area contributed by atoms with Crippen molar-refractivity contribution in [3.8, 4) is 11.5 Å². The van der Waals surface area contributed by atoms with E-state index in [1.54, 1.807) is 32.4 Å². The van der Waals surface area contributed by atoms with Gasteiger partial charge in [0.05, 0.1) is 14.2 Å². The van der Waals surface area contributed by atoms with Gasteiger partial charge in [0.2, 0.25) is 0 Å². The number of rotatable bonds is 7. The summed E-state index contributed by atoms with van der Waals surface area (Å²) in [7, 11) is 3.18. The molecule has 0 aromatic heterocycles. The Kier molecular flexibility index (Phi) is 6.60. The zero-order valence-electron chi connectivity index (χ0n) is 16.9. The summed E-state index contributed by atoms with van der Waals surface area (Å²) in [6.07, 6.45) is 2.18. The maximum atomic E-state index is 12.9. The van der Waals surface area contributed by atoms with Crippen molar-refractivity contribution in [1.82, 2.24) is 9.80 Å². The van der Waals surface area contributed by atoms with Crippen LogP contribution < -0.4 is 9.47 Å². The predicted molar refractivity (Wildman–Crippen MR) is 105 cm³/mol. The molecule has 0 radical (unpaired) electrons. The largest absolute Gasteiger partial charge is 0.493 e. The Hall–Kier alpha value is -1.79. The highest BCUT2D eigenvalue weighted by Gasteiger charge is 2.38. The van der Waals surface area contributed by atoms with Crippen LogP contribution in [0.15, 0.2) is 18.2 Å². The number of methoxy groups -OCH3 is 2. The molecule has 150 valence electrons. The number of hydrogen-bond donors (Lipinski definition) is 0. The van der Waals surface area contributed by atoms with Gasteiger partial charge in [-0.1, -0.05) is 13.8 Å². The van der Waals surface area contributed by atoms with Crippen molar-refractivity contribution >= 4 is 5.91 Å². The first kappa shape index (κ1) is 20.0. The Balaban J connectivity index is 1.63. The van der Waals surface area contributed by atoms with Crippen LogP contribution in [0.1, 0.15) is 37.0 Å². The van der Waals surface area contributed by atoms with Crippen molar-refractivity contribution in [3.05, 3.63) is 23.8 Å². The van der Waals surface area contributed by atoms with E-state index in [4.69, 9.17) is 14.2 Å². The molecule has 3 rings (SSSR count). The fourth-order valence-electron chi connectivity index (χ4n) is 4.02. The van der Waals surface area contributed by atoms with Gasteiger partial charge in [-0.15, -0.1) is 0 Å². The standard InChI is InChI=1S/C21H32N2O4/c1-15(2)12-23(17-7-9-27-10-8-17)18-13-22(14-18)21(24)16-5-6-19(25-3)20(11-16)26-4/h5-6,11,15,17-18H,7-10,12-14H2,1-4H3. The Morgan fingerprint density at radius 2 is 1.81 bits per heavy atom. The lowest BCUT2D eigenvalue weighted by molar-refractivity contribution is -0.0294. The third-order valence-electron chi connectivity index (χ3n) is 5.48. The number of likely N-dealkylation sites (tertiary alicyclic amines) is 1. The minimum Gasteiger partial charge on any atom is -0.493 e. The molecule has 2 fully saturated rings. The average Bonchev–Trinajstić information content (AvgIpc) is 2.65. The van der Waals surface area contributed by atoms with Crippen molar-refractivity contribution in [2.75, 3.05) is 47.1 Å². The molecule has 2 heterocycles. The topological polar surface area (TPSA) is 51.2 Å². The van der Waals surface area contributed by atoms with Gasteiger partial charge in [-0.3, -0.25) is 9.69 Å². The van der Waals surface area contributed by atoms with Crippen molar-refractivity contribution < 1.29 is 19.0 Å². The summed E-state index contributed by atoms with van der Waals surface area (Å²) in [6.45, 7) is 8.87. The summed E-state index contributed by atoms with van der Waals surface area (Å²) in [5.41, 5.74) is 0.646. The molecule has 2 aliphatic rings. The molecule has 2 aliphatic heterocycles. The molecule has 1 aromatic carbocycles. The minimum absolute atomic E-state index is 0.0590. The van der Waals surface area contributed by atoms with Crippen LogP contribution in [0.5, 0.6) is 11.5 Å². The molecule has 0 bridgehead atoms. The van der Waals surface area contributed by atoms with Crippen molar-refractivity contribution in [1.29, 1.82) is 0 Å². The second kappa shape index (κ2) is 8.93. The highest BCUT2D eigenvalue weighted by molar-refractivity contribution is 5.95. The summed E-state index contributed by atoms with van der Waals surface area (Å²) in [5.74, 6) is 1.90. The molecule has 0 unspecified atom stereocenters. The van der Waals surface area contributed by atoms with Crippen LogP contribution in [0.4, 0.5) is 0 Å². The van der Waals surface area contributed by atoms with Crippen LogP contribution in [-0.2, 0) is 4.74 Å². The lowest BCUT2D eigenvalue weighted by Gasteiger charge is -2.49. The number of hydrogen-bond acceptors (Lipinski definition) is 5. The normalized spacial score (nSPS) is 18.7. The van der Waals surface area contributed by atoms with E-state index in [1.807, 2.05) is 4.90 Å². The molecule has 27 heavy (non-hydrogen) atoms. The van der Waals surface area contributed by atoms with Crippen LogP contribution in [0.2, 0.25) is 0 Å². The first-order chi connectivity index (χ1) is 13.0. The molecule has 0 N–H and O–H groups in total. The molecule has 0 aliphatic carbocycles. The highest BCUT2D eigenvalue weighted by Crippen LogP contribution is 2.30. The van der Waals surface area contributed by atoms with Crippen LogP contribution >= 0.6 is 0 Å². The van der Waals surface area contributed by atoms with Crippen molar-refractivity contribution in [2.24, 2.45) is 5.92 Å². The van der Waals surface area contributed by atoms with E-state index < -0.39 is 0 Å². The fraction of sp³-hybridized carbons (Fsp3) is 0.667. The Morgan fingerprint density at radius 1 is 1.15 bits per heavy atom. The molecule has 6 heteroatoms. The SMILES string of the molecule is COc1ccc(C(=O)N2CC(N(CC(C)C)C3CCOCC3)C2)cc1OC. The zero-order valence-corrected chi connectivity index (χ0v) is 16.9. The van der Waals surface area contributed by atoms with Gasteiger partial charge in [-0.25, -0.2) is 0 Å². The lowest BCUT2D eigenvalue weighted by Crippen LogP contribution is -2.64. The van der Waals surface area contributed by atoms with Crippen molar-refractivity contribution in [2.45, 2.75) is 38.8 Å². The zero-order chi connectivity index (χ0) is 19.4. The molecule has 1 amide bonds. The molecular weight excluding hydrogens is 344 g/mol. The summed E-state index contributed by atoms with van der Waals surface area (Å²) in [6, 6.07) is 6.38. The number of benzene rings is 1. The first-order valence-corrected chi connectivity index (χ1v) is 9.88. The third-order valence-corrected chi connectivity index (χ3v) is 5.48. The highest BCUT2D eigenvalue weighted by atomic mass is 16.5. The van der Waals surface area contributed by atoms with E-state index in [1.165, 1.54) is 0 Å². The molecule has 1 aromatic rings. The molecule has 6 nitrogen and oxygen atoms in total. The third kappa shape index (κ3) is 4.55. The maximum Gasteiger partial charge on any atom is 0.254 e. The summed E-state index contributed by atoms with van der Waals surface area (Å²) < 4.78 is 16.1. The quantitative estimate of drug-likeness (QED) is 0.732. The number of carbonyl (C=O) groups excluding carboxylic acids is 1. The minimum atomic E-state index is 0.0590. The Morgan fingerprint density at radius 3 is 2.41 bits per heavy atom. The number of nitrogens with zero attached hydrogens (tertiary/aromatic N) is 2. The number of carbonyl (C=O) groups is 1. The molecule has 2 saturated heterocycles. The smallest absolute Gasteiger partial charge is 0.254 e. The van der Waals surface area contributed by atoms with E-state index >= 15 is 0 Å². The Labute approximate surface area is 162 Å². The summed E-state index contributed by atoms with van der Waals surface area (Å²) >= 11 is 0. The van der Waals surface area contributed by atoms with Crippen LogP contribution in [-0.4, -0.2) is 74.9 Å². The van der Waals surface area contributed by atoms with Crippen LogP contribution in [0, 0.1) is 5.92 Å². The monoisotopic (exact) mass is 376 g/mol. The average molecular weight is 376 g/mol. The lowest BCUT2D eigenvalue weighted by atomic mass is 9.97. The van der Waals surface area contributed by atoms with Crippen LogP contribution in [0.3, 0.4) is 0 Å². The maximum absolute atomic E-state index is 12.9. The molecule has 0 spiro atoms. The van der Waals surface area contributed by atoms with Gasteiger partial charge in [0.15, 0.2) is 11.5 Å². The first-order valence-electron chi connectivity index (χ1n) is 9.88. The fourth-order valence-corrected chi connectivity index (χ4v) is 4.02. The van der Waals surface area contributed by atoms with Gasteiger partial charge < -0.3 is 19.1 Å². The van der Waals surface area contributed by atoms with Gasteiger partial charge in [0.25, 0.3) is 5.91 Å². The van der Waals surface area contributed by atoms with E-state index in [2.05, 4.69) is 18.7 Å². The second-order valence-corrected chi connectivity index (χ2v) is 7.87. The van der Waals surface area contributed by atoms with Gasteiger partial charge in [-0.2, -0.15) is 0 Å². The molecule has 0 atom stereocenters. The van der Waals surface area contributed by atoms with Gasteiger partial charge in [0.1, 0.15) is 0 Å². The van der Waals surface area contributed by atoms with E-state index in [9.17, 15) is 4.79 Å². The Bertz CT molecular complexity index is 637. The van der Waals surface area contributed by atoms with Gasteiger partial charge >= 0.3 is 0 Å². The van der Waals surface area contributed by atoms with E-state index in [0.29, 0.717) is 35.1 Å². The van der Waals surface area contributed by atoms with E-state index in [-0.39, 0.29) is 5.91 Å². The van der Waals surface area contributed by atoms with Gasteiger partial charge in [0, 0.05) is 50.5 Å². The molecular formula is C21H32N2O4. The summed E-state index contributed by atoms with van der Waals surface area (Å²) in [5, 5.41) is 0. The second-order valence-electron chi connectivity index (χ2n) is 7.87.